The summed E-state index contributed by atoms with van der Waals surface area (Å²) < 4.78 is 3.82. The Morgan fingerprint density at radius 1 is 1.36 bits per heavy atom. The number of carbonyl (C=O) groups is 1. The van der Waals surface area contributed by atoms with E-state index >= 15 is 0 Å². The van der Waals surface area contributed by atoms with Crippen LogP contribution in [0.25, 0.3) is 11.2 Å². The van der Waals surface area contributed by atoms with Gasteiger partial charge in [0.05, 0.1) is 6.33 Å². The lowest BCUT2D eigenvalue weighted by Gasteiger charge is -2.24. The normalized spacial score (nSPS) is 18.4. The van der Waals surface area contributed by atoms with Crippen LogP contribution < -0.4 is 16.6 Å². The van der Waals surface area contributed by atoms with Gasteiger partial charge in [0.25, 0.3) is 5.56 Å². The number of allylic oxidation sites excluding steroid dienone is 1. The molecule has 134 valence electrons. The third-order valence-corrected chi connectivity index (χ3v) is 4.85. The first-order chi connectivity index (χ1) is 11.9. The predicted octanol–water partition coefficient (Wildman–Crippen LogP) is 0.295. The number of nitrogens with zero attached hydrogens (tertiary/aromatic N) is 4. The van der Waals surface area contributed by atoms with Gasteiger partial charge < -0.3 is 9.88 Å². The van der Waals surface area contributed by atoms with E-state index < -0.39 is 11.2 Å². The van der Waals surface area contributed by atoms with E-state index in [0.29, 0.717) is 5.92 Å². The SMILES string of the molecule is CC(NC(=O)Cn1cnc2c1c(=O)n(C)c(=O)n2C)C1C=CCCC1. The average Bonchev–Trinajstić information content (AvgIpc) is 3.02. The summed E-state index contributed by atoms with van der Waals surface area (Å²) in [6.07, 6.45) is 9.04. The van der Waals surface area contributed by atoms with Crippen molar-refractivity contribution in [3.8, 4) is 0 Å². The lowest BCUT2D eigenvalue weighted by Crippen LogP contribution is -2.40. The molecule has 2 heterocycles. The summed E-state index contributed by atoms with van der Waals surface area (Å²) in [7, 11) is 2.97. The maximum atomic E-state index is 12.4. The Hall–Kier alpha value is -2.64. The van der Waals surface area contributed by atoms with E-state index in [1.54, 1.807) is 7.05 Å². The average molecular weight is 345 g/mol. The minimum atomic E-state index is -0.452. The molecule has 2 atom stereocenters. The van der Waals surface area contributed by atoms with Crippen LogP contribution in [0.4, 0.5) is 0 Å². The lowest BCUT2D eigenvalue weighted by molar-refractivity contribution is -0.122. The van der Waals surface area contributed by atoms with Crippen LogP contribution in [0, 0.1) is 5.92 Å². The third-order valence-electron chi connectivity index (χ3n) is 4.85. The minimum absolute atomic E-state index is 0.00921. The van der Waals surface area contributed by atoms with Crippen LogP contribution in [0.1, 0.15) is 26.2 Å². The number of aryl methyl sites for hydroxylation is 1. The van der Waals surface area contributed by atoms with Crippen molar-refractivity contribution < 1.29 is 4.79 Å². The fourth-order valence-corrected chi connectivity index (χ4v) is 3.33. The molecule has 25 heavy (non-hydrogen) atoms. The van der Waals surface area contributed by atoms with E-state index in [1.807, 2.05) is 6.92 Å². The van der Waals surface area contributed by atoms with Gasteiger partial charge in [0.1, 0.15) is 6.54 Å². The molecule has 0 aliphatic heterocycles. The van der Waals surface area contributed by atoms with E-state index in [9.17, 15) is 14.4 Å². The van der Waals surface area contributed by atoms with Gasteiger partial charge in [-0.3, -0.25) is 18.7 Å². The van der Waals surface area contributed by atoms with Crippen LogP contribution in [-0.4, -0.2) is 30.6 Å². The van der Waals surface area contributed by atoms with Crippen molar-refractivity contribution in [1.29, 1.82) is 0 Å². The standard InChI is InChI=1S/C17H23N5O3/c1-11(12-7-5-4-6-8-12)19-13(23)9-22-10-18-15-14(22)16(24)21(3)17(25)20(15)2/h5,7,10-12H,4,6,8-9H2,1-3H3,(H,19,23). The highest BCUT2D eigenvalue weighted by atomic mass is 16.2. The van der Waals surface area contributed by atoms with Gasteiger partial charge in [0, 0.05) is 20.1 Å². The van der Waals surface area contributed by atoms with Gasteiger partial charge in [-0.05, 0) is 32.1 Å². The van der Waals surface area contributed by atoms with Gasteiger partial charge in [0.15, 0.2) is 11.2 Å². The third kappa shape index (κ3) is 3.16. The number of fused-ring (bicyclic) bond motifs is 1. The number of nitrogens with one attached hydrogen (secondary N) is 1. The maximum absolute atomic E-state index is 12.4. The highest BCUT2D eigenvalue weighted by Gasteiger charge is 2.20. The monoisotopic (exact) mass is 345 g/mol. The van der Waals surface area contributed by atoms with Gasteiger partial charge >= 0.3 is 5.69 Å². The summed E-state index contributed by atoms with van der Waals surface area (Å²) in [4.78, 5) is 40.8. The lowest BCUT2D eigenvalue weighted by atomic mass is 9.90. The molecule has 1 amide bonds. The Kier molecular flexibility index (Phi) is 4.61. The largest absolute Gasteiger partial charge is 0.352 e. The Balaban J connectivity index is 1.82. The molecular formula is C17H23N5O3. The fourth-order valence-electron chi connectivity index (χ4n) is 3.33. The molecule has 1 aliphatic carbocycles. The molecular weight excluding hydrogens is 322 g/mol. The van der Waals surface area contributed by atoms with E-state index in [1.165, 1.54) is 22.5 Å². The summed E-state index contributed by atoms with van der Waals surface area (Å²) in [5.74, 6) is 0.160. The zero-order valence-electron chi connectivity index (χ0n) is 14.7. The highest BCUT2D eigenvalue weighted by molar-refractivity contribution is 5.79. The highest BCUT2D eigenvalue weighted by Crippen LogP contribution is 2.20. The molecule has 0 radical (unpaired) electrons. The van der Waals surface area contributed by atoms with E-state index in [2.05, 4.69) is 22.5 Å². The van der Waals surface area contributed by atoms with Crippen LogP contribution >= 0.6 is 0 Å². The smallest absolute Gasteiger partial charge is 0.332 e. The molecule has 0 saturated carbocycles. The molecule has 8 heteroatoms. The molecule has 8 nitrogen and oxygen atoms in total. The molecule has 3 rings (SSSR count). The van der Waals surface area contributed by atoms with Crippen LogP contribution in [0.15, 0.2) is 28.1 Å². The molecule has 0 fully saturated rings. The first kappa shape index (κ1) is 17.2. The first-order valence-corrected chi connectivity index (χ1v) is 8.47. The van der Waals surface area contributed by atoms with Gasteiger partial charge in [-0.1, -0.05) is 12.2 Å². The van der Waals surface area contributed by atoms with Crippen molar-refractivity contribution in [1.82, 2.24) is 24.0 Å². The van der Waals surface area contributed by atoms with Crippen LogP contribution in [0.5, 0.6) is 0 Å². The number of aromatic nitrogens is 4. The Morgan fingerprint density at radius 3 is 2.80 bits per heavy atom. The molecule has 0 saturated heterocycles. The van der Waals surface area contributed by atoms with E-state index in [4.69, 9.17) is 0 Å². The zero-order valence-corrected chi connectivity index (χ0v) is 14.7. The van der Waals surface area contributed by atoms with Crippen molar-refractivity contribution in [2.24, 2.45) is 20.0 Å². The van der Waals surface area contributed by atoms with Gasteiger partial charge in [-0.15, -0.1) is 0 Å². The van der Waals surface area contributed by atoms with Crippen LogP contribution in [0.3, 0.4) is 0 Å². The summed E-state index contributed by atoms with van der Waals surface area (Å²) in [6.45, 7) is 1.98. The first-order valence-electron chi connectivity index (χ1n) is 8.47. The predicted molar refractivity (Wildman–Crippen MR) is 94.3 cm³/mol. The van der Waals surface area contributed by atoms with Crippen LogP contribution in [-0.2, 0) is 25.4 Å². The molecule has 2 unspecified atom stereocenters. The molecule has 0 spiro atoms. The summed E-state index contributed by atoms with van der Waals surface area (Å²) in [5, 5.41) is 3.00. The summed E-state index contributed by atoms with van der Waals surface area (Å²) >= 11 is 0. The quantitative estimate of drug-likeness (QED) is 0.807. The number of hydrogen-bond donors (Lipinski definition) is 1. The second-order valence-corrected chi connectivity index (χ2v) is 6.63. The van der Waals surface area contributed by atoms with Crippen molar-refractivity contribution in [2.45, 2.75) is 38.8 Å². The van der Waals surface area contributed by atoms with Gasteiger partial charge in [-0.25, -0.2) is 9.78 Å². The topological polar surface area (TPSA) is 90.9 Å². The Labute approximate surface area is 144 Å². The van der Waals surface area contributed by atoms with Crippen LogP contribution in [0.2, 0.25) is 0 Å². The number of imidazole rings is 1. The molecule has 0 aromatic carbocycles. The molecule has 1 aliphatic rings. The van der Waals surface area contributed by atoms with Crippen molar-refractivity contribution in [3.05, 3.63) is 39.3 Å². The molecule has 1 N–H and O–H groups in total. The molecule has 2 aromatic heterocycles. The second-order valence-electron chi connectivity index (χ2n) is 6.63. The zero-order chi connectivity index (χ0) is 18.1. The van der Waals surface area contributed by atoms with Crippen molar-refractivity contribution in [3.63, 3.8) is 0 Å². The minimum Gasteiger partial charge on any atom is -0.352 e. The number of amides is 1. The van der Waals surface area contributed by atoms with Gasteiger partial charge in [0.2, 0.25) is 5.91 Å². The van der Waals surface area contributed by atoms with Gasteiger partial charge in [-0.2, -0.15) is 0 Å². The number of hydrogen-bond acceptors (Lipinski definition) is 4. The molecule has 0 bridgehead atoms. The van der Waals surface area contributed by atoms with Crippen molar-refractivity contribution in [2.75, 3.05) is 0 Å². The second kappa shape index (κ2) is 6.70. The summed E-state index contributed by atoms with van der Waals surface area (Å²) in [5.41, 5.74) is -0.356. The molecule has 2 aromatic rings. The van der Waals surface area contributed by atoms with E-state index in [0.717, 1.165) is 23.8 Å². The Morgan fingerprint density at radius 2 is 2.12 bits per heavy atom. The van der Waals surface area contributed by atoms with Crippen molar-refractivity contribution >= 4 is 17.1 Å². The Bertz CT molecular complexity index is 950. The summed E-state index contributed by atoms with van der Waals surface area (Å²) in [6, 6.07) is 0.0334. The maximum Gasteiger partial charge on any atom is 0.332 e. The fraction of sp³-hybridized carbons (Fsp3) is 0.529. The number of carbonyl (C=O) groups excluding carboxylic acids is 1. The number of rotatable bonds is 4. The van der Waals surface area contributed by atoms with E-state index in [-0.39, 0.29) is 29.7 Å².